The predicted molar refractivity (Wildman–Crippen MR) is 104 cm³/mol. The van der Waals surface area contributed by atoms with E-state index in [0.717, 1.165) is 11.2 Å². The van der Waals surface area contributed by atoms with Gasteiger partial charge in [-0.05, 0) is 38.1 Å². The van der Waals surface area contributed by atoms with E-state index in [1.165, 1.54) is 24.3 Å². The third kappa shape index (κ3) is 6.79. The Bertz CT molecular complexity index is 764. The van der Waals surface area contributed by atoms with E-state index in [-0.39, 0.29) is 5.97 Å². The van der Waals surface area contributed by atoms with Crippen LogP contribution < -0.4 is 0 Å². The zero-order valence-corrected chi connectivity index (χ0v) is 15.8. The van der Waals surface area contributed by atoms with E-state index < -0.39 is 0 Å². The lowest BCUT2D eigenvalue weighted by Gasteiger charge is -2.02. The topological polar surface area (TPSA) is 44.1 Å². The number of ether oxygens (including phenoxy) is 1. The van der Waals surface area contributed by atoms with Gasteiger partial charge >= 0.3 is 5.97 Å². The van der Waals surface area contributed by atoms with Gasteiger partial charge in [-0.1, -0.05) is 50.1 Å². The molecule has 0 aliphatic heterocycles. The molecule has 0 aliphatic rings. The lowest BCUT2D eigenvalue weighted by atomic mass is 10.2. The van der Waals surface area contributed by atoms with Gasteiger partial charge in [0.25, 0.3) is 0 Å². The first-order chi connectivity index (χ1) is 12.0. The number of para-hydroxylation sites is 1. The summed E-state index contributed by atoms with van der Waals surface area (Å²) in [6.07, 6.45) is 3.16. The van der Waals surface area contributed by atoms with Crippen LogP contribution in [0.4, 0.5) is 0 Å². The van der Waals surface area contributed by atoms with E-state index in [1.54, 1.807) is 6.92 Å². The van der Waals surface area contributed by atoms with E-state index in [1.807, 2.05) is 29.1 Å². The maximum Gasteiger partial charge on any atom is 0.302 e. The van der Waals surface area contributed by atoms with Crippen LogP contribution in [0.5, 0.6) is 0 Å². The molecule has 3 rings (SSSR count). The zero-order chi connectivity index (χ0) is 18.7. The van der Waals surface area contributed by atoms with Crippen LogP contribution in [-0.2, 0) is 9.53 Å². The van der Waals surface area contributed by atoms with E-state index in [2.05, 4.69) is 60.9 Å². The number of benzene rings is 2. The van der Waals surface area contributed by atoms with E-state index in [4.69, 9.17) is 0 Å². The fourth-order valence-corrected chi connectivity index (χ4v) is 2.13. The van der Waals surface area contributed by atoms with Crippen molar-refractivity contribution >= 4 is 16.9 Å². The summed E-state index contributed by atoms with van der Waals surface area (Å²) in [6.45, 7) is 10.00. The van der Waals surface area contributed by atoms with Gasteiger partial charge in [-0.15, -0.1) is 0 Å². The number of aromatic nitrogens is 2. The molecule has 0 N–H and O–H groups in total. The second-order valence-corrected chi connectivity index (χ2v) is 5.59. The highest BCUT2D eigenvalue weighted by Crippen LogP contribution is 2.18. The van der Waals surface area contributed by atoms with Crippen LogP contribution >= 0.6 is 0 Å². The molecule has 0 fully saturated rings. The Labute approximate surface area is 150 Å². The molecule has 1 aromatic heterocycles. The monoisotopic (exact) mass is 340 g/mol. The van der Waals surface area contributed by atoms with Crippen molar-refractivity contribution in [3.63, 3.8) is 0 Å². The number of fused-ring (bicyclic) bond motifs is 1. The molecular formula is C21H28N2O2. The van der Waals surface area contributed by atoms with Gasteiger partial charge in [-0.25, -0.2) is 4.68 Å². The van der Waals surface area contributed by atoms with Gasteiger partial charge in [0.05, 0.1) is 24.0 Å². The first kappa shape index (κ1) is 20.4. The van der Waals surface area contributed by atoms with Crippen molar-refractivity contribution in [2.45, 2.75) is 41.0 Å². The van der Waals surface area contributed by atoms with Crippen molar-refractivity contribution in [1.82, 2.24) is 9.78 Å². The van der Waals surface area contributed by atoms with Crippen molar-refractivity contribution < 1.29 is 9.53 Å². The van der Waals surface area contributed by atoms with Crippen LogP contribution in [-0.4, -0.2) is 22.4 Å². The minimum absolute atomic E-state index is 0.211. The van der Waals surface area contributed by atoms with Crippen molar-refractivity contribution in [2.75, 3.05) is 6.61 Å². The second-order valence-electron chi connectivity index (χ2n) is 5.59. The van der Waals surface area contributed by atoms with Crippen molar-refractivity contribution in [1.29, 1.82) is 0 Å². The average molecular weight is 340 g/mol. The number of hydrogen-bond acceptors (Lipinski definition) is 3. The third-order valence-electron chi connectivity index (χ3n) is 3.07. The molecular weight excluding hydrogens is 312 g/mol. The van der Waals surface area contributed by atoms with Gasteiger partial charge in [0.2, 0.25) is 0 Å². The van der Waals surface area contributed by atoms with Crippen LogP contribution in [0.25, 0.3) is 16.6 Å². The fraction of sp³-hybridized carbons (Fsp3) is 0.333. The van der Waals surface area contributed by atoms with Gasteiger partial charge in [0.1, 0.15) is 0 Å². The van der Waals surface area contributed by atoms with Crippen molar-refractivity contribution in [3.8, 4) is 5.69 Å². The van der Waals surface area contributed by atoms with Crippen LogP contribution in [0.3, 0.4) is 0 Å². The molecule has 0 radical (unpaired) electrons. The molecule has 2 aromatic carbocycles. The number of carbonyl (C=O) groups excluding carboxylic acids is 1. The highest BCUT2D eigenvalue weighted by Gasteiger charge is 2.03. The highest BCUT2D eigenvalue weighted by molar-refractivity contribution is 5.80. The van der Waals surface area contributed by atoms with Gasteiger partial charge in [-0.2, -0.15) is 5.10 Å². The number of esters is 1. The number of carbonyl (C=O) groups is 1. The van der Waals surface area contributed by atoms with Crippen LogP contribution in [0.1, 0.15) is 39.7 Å². The molecule has 3 aromatic rings. The quantitative estimate of drug-likeness (QED) is 0.593. The summed E-state index contributed by atoms with van der Waals surface area (Å²) in [5, 5.41) is 5.61. The number of rotatable bonds is 2. The fourth-order valence-electron chi connectivity index (χ4n) is 2.13. The number of aryl methyl sites for hydroxylation is 1. The molecule has 0 unspecified atom stereocenters. The van der Waals surface area contributed by atoms with Gasteiger partial charge in [0, 0.05) is 12.3 Å². The van der Waals surface area contributed by atoms with Crippen LogP contribution in [0, 0.1) is 6.92 Å². The number of nitrogens with zero attached hydrogens (tertiary/aromatic N) is 2. The first-order valence-corrected chi connectivity index (χ1v) is 8.66. The molecule has 0 saturated heterocycles. The summed E-state index contributed by atoms with van der Waals surface area (Å²) < 4.78 is 6.37. The SMILES string of the molecule is CCC.CCOC(C)=O.Cc1ccc2c(cnn2-c2ccccc2)c1. The van der Waals surface area contributed by atoms with E-state index in [0.29, 0.717) is 6.61 Å². The molecule has 0 saturated carbocycles. The largest absolute Gasteiger partial charge is 0.466 e. The van der Waals surface area contributed by atoms with Gasteiger partial charge in [0.15, 0.2) is 0 Å². The Morgan fingerprint density at radius 3 is 2.24 bits per heavy atom. The lowest BCUT2D eigenvalue weighted by molar-refractivity contribution is -0.140. The predicted octanol–water partition coefficient (Wildman–Crippen LogP) is 5.32. The molecule has 0 spiro atoms. The van der Waals surface area contributed by atoms with E-state index >= 15 is 0 Å². The standard InChI is InChI=1S/C14H12N2.C4H8O2.C3H8/c1-11-7-8-14-12(9-11)10-15-16(14)13-5-3-2-4-6-13;1-3-6-4(2)5;1-3-2/h2-10H,1H3;3H2,1-2H3;3H2,1-2H3. The van der Waals surface area contributed by atoms with E-state index in [9.17, 15) is 4.79 Å². The highest BCUT2D eigenvalue weighted by atomic mass is 16.5. The molecule has 0 atom stereocenters. The summed E-state index contributed by atoms with van der Waals surface area (Å²) in [5.74, 6) is -0.211. The maximum absolute atomic E-state index is 9.82. The Balaban J connectivity index is 0.000000294. The summed E-state index contributed by atoms with van der Waals surface area (Å²) in [6, 6.07) is 16.6. The second kappa shape index (κ2) is 11.0. The van der Waals surface area contributed by atoms with Crippen molar-refractivity contribution in [3.05, 3.63) is 60.3 Å². The van der Waals surface area contributed by atoms with Crippen LogP contribution in [0.2, 0.25) is 0 Å². The maximum atomic E-state index is 9.82. The third-order valence-corrected chi connectivity index (χ3v) is 3.07. The normalized spacial score (nSPS) is 9.48. The van der Waals surface area contributed by atoms with Crippen molar-refractivity contribution in [2.24, 2.45) is 0 Å². The Kier molecular flexibility index (Phi) is 9.01. The van der Waals surface area contributed by atoms with Gasteiger partial charge in [-0.3, -0.25) is 4.79 Å². The summed E-state index contributed by atoms with van der Waals surface area (Å²) in [4.78, 5) is 9.82. The molecule has 25 heavy (non-hydrogen) atoms. The molecule has 0 aliphatic carbocycles. The molecule has 0 amide bonds. The Morgan fingerprint density at radius 1 is 1.08 bits per heavy atom. The van der Waals surface area contributed by atoms with Crippen LogP contribution in [0.15, 0.2) is 54.7 Å². The molecule has 4 nitrogen and oxygen atoms in total. The summed E-state index contributed by atoms with van der Waals surface area (Å²) in [5.41, 5.74) is 3.51. The molecule has 0 bridgehead atoms. The Hall–Kier alpha value is -2.62. The lowest BCUT2D eigenvalue weighted by Crippen LogP contribution is -1.95. The average Bonchev–Trinajstić information content (AvgIpc) is 3.00. The summed E-state index contributed by atoms with van der Waals surface area (Å²) >= 11 is 0. The van der Waals surface area contributed by atoms with Gasteiger partial charge < -0.3 is 4.74 Å². The smallest absolute Gasteiger partial charge is 0.302 e. The minimum atomic E-state index is -0.211. The molecule has 134 valence electrons. The first-order valence-electron chi connectivity index (χ1n) is 8.66. The minimum Gasteiger partial charge on any atom is -0.466 e. The molecule has 4 heteroatoms. The Morgan fingerprint density at radius 2 is 1.72 bits per heavy atom. The summed E-state index contributed by atoms with van der Waals surface area (Å²) in [7, 11) is 0. The zero-order valence-electron chi connectivity index (χ0n) is 15.8. The molecule has 1 heterocycles. The number of hydrogen-bond donors (Lipinski definition) is 0.